The molecule has 0 saturated heterocycles. The highest BCUT2D eigenvalue weighted by molar-refractivity contribution is 7.89. The average Bonchev–Trinajstić information content (AvgIpc) is 2.69. The quantitative estimate of drug-likeness (QED) is 0.534. The Morgan fingerprint density at radius 3 is 1.96 bits per heavy atom. The summed E-state index contributed by atoms with van der Waals surface area (Å²) in [5, 5.41) is 3.85. The summed E-state index contributed by atoms with van der Waals surface area (Å²) in [6.45, 7) is 0. The summed E-state index contributed by atoms with van der Waals surface area (Å²) >= 11 is 0. The van der Waals surface area contributed by atoms with Crippen molar-refractivity contribution in [2.24, 2.45) is 5.10 Å². The molecule has 0 aliphatic heterocycles. The standard InChI is InChI=1S/C20H19N3O2S/c1-23(18-8-4-2-5-9-18)19-14-12-17(13-15-19)16-21-22-26(24,25)20-10-6-3-7-11-20/h2-16,22H,1H3/b21-16-. The fourth-order valence-electron chi connectivity index (χ4n) is 2.41. The highest BCUT2D eigenvalue weighted by Gasteiger charge is 2.11. The van der Waals surface area contributed by atoms with Crippen LogP contribution in [-0.2, 0) is 10.0 Å². The number of hydrogen-bond donors (Lipinski definition) is 1. The van der Waals surface area contributed by atoms with E-state index in [1.54, 1.807) is 18.2 Å². The molecule has 0 aliphatic rings. The SMILES string of the molecule is CN(c1ccccc1)c1ccc(/C=N\NS(=O)(=O)c2ccccc2)cc1. The summed E-state index contributed by atoms with van der Waals surface area (Å²) in [6.07, 6.45) is 1.48. The normalized spacial score (nSPS) is 11.4. The molecule has 0 spiro atoms. The molecular weight excluding hydrogens is 346 g/mol. The second-order valence-electron chi connectivity index (χ2n) is 5.65. The van der Waals surface area contributed by atoms with Crippen LogP contribution in [0, 0.1) is 0 Å². The molecule has 0 radical (unpaired) electrons. The second kappa shape index (κ2) is 7.84. The van der Waals surface area contributed by atoms with Gasteiger partial charge in [0.05, 0.1) is 11.1 Å². The van der Waals surface area contributed by atoms with Crippen LogP contribution in [0.1, 0.15) is 5.56 Å². The van der Waals surface area contributed by atoms with Crippen LogP contribution >= 0.6 is 0 Å². The average molecular weight is 365 g/mol. The first-order chi connectivity index (χ1) is 12.6. The Morgan fingerprint density at radius 1 is 0.808 bits per heavy atom. The molecule has 3 aromatic rings. The van der Waals surface area contributed by atoms with Gasteiger partial charge in [-0.25, -0.2) is 4.83 Å². The van der Waals surface area contributed by atoms with Crippen LogP contribution < -0.4 is 9.73 Å². The van der Waals surface area contributed by atoms with Gasteiger partial charge in [0.1, 0.15) is 0 Å². The van der Waals surface area contributed by atoms with E-state index in [1.165, 1.54) is 18.3 Å². The van der Waals surface area contributed by atoms with E-state index in [0.717, 1.165) is 16.9 Å². The van der Waals surface area contributed by atoms with E-state index in [-0.39, 0.29) is 4.90 Å². The minimum atomic E-state index is -3.64. The van der Waals surface area contributed by atoms with Crippen molar-refractivity contribution in [3.05, 3.63) is 90.5 Å². The lowest BCUT2D eigenvalue weighted by molar-refractivity contribution is 0.584. The van der Waals surface area contributed by atoms with Crippen LogP contribution in [0.3, 0.4) is 0 Å². The largest absolute Gasteiger partial charge is 0.345 e. The van der Waals surface area contributed by atoms with Crippen LogP contribution in [0.25, 0.3) is 0 Å². The molecule has 26 heavy (non-hydrogen) atoms. The first-order valence-electron chi connectivity index (χ1n) is 8.05. The van der Waals surface area contributed by atoms with E-state index >= 15 is 0 Å². The predicted molar refractivity (Wildman–Crippen MR) is 105 cm³/mol. The molecule has 0 saturated carbocycles. The lowest BCUT2D eigenvalue weighted by Crippen LogP contribution is -2.18. The monoisotopic (exact) mass is 365 g/mol. The highest BCUT2D eigenvalue weighted by atomic mass is 32.2. The topological polar surface area (TPSA) is 61.8 Å². The van der Waals surface area contributed by atoms with Gasteiger partial charge in [0.15, 0.2) is 0 Å². The van der Waals surface area contributed by atoms with Crippen molar-refractivity contribution in [3.8, 4) is 0 Å². The Kier molecular flexibility index (Phi) is 5.34. The predicted octanol–water partition coefficient (Wildman–Crippen LogP) is 3.77. The first kappa shape index (κ1) is 17.7. The molecule has 0 heterocycles. The Labute approximate surface area is 153 Å². The Bertz CT molecular complexity index is 971. The van der Waals surface area contributed by atoms with Crippen molar-refractivity contribution in [3.63, 3.8) is 0 Å². The van der Waals surface area contributed by atoms with Crippen LogP contribution in [0.15, 0.2) is 94.9 Å². The zero-order valence-electron chi connectivity index (χ0n) is 14.3. The van der Waals surface area contributed by atoms with Gasteiger partial charge in [-0.2, -0.15) is 13.5 Å². The molecule has 0 atom stereocenters. The molecule has 0 bridgehead atoms. The molecule has 1 N–H and O–H groups in total. The maximum atomic E-state index is 12.1. The fraction of sp³-hybridized carbons (Fsp3) is 0.0500. The number of hydrazone groups is 1. The third-order valence-corrected chi connectivity index (χ3v) is 5.10. The zero-order chi connectivity index (χ0) is 18.4. The Hall–Kier alpha value is -3.12. The summed E-state index contributed by atoms with van der Waals surface area (Å²) in [4.78, 5) is 4.46. The van der Waals surface area contributed by atoms with E-state index in [9.17, 15) is 8.42 Å². The van der Waals surface area contributed by atoms with Gasteiger partial charge in [-0.15, -0.1) is 0 Å². The summed E-state index contributed by atoms with van der Waals surface area (Å²) in [5.41, 5.74) is 2.91. The number of hydrogen-bond acceptors (Lipinski definition) is 4. The number of anilines is 2. The molecule has 0 fully saturated rings. The Balaban J connectivity index is 1.67. The van der Waals surface area contributed by atoms with Gasteiger partial charge >= 0.3 is 0 Å². The van der Waals surface area contributed by atoms with Gasteiger partial charge in [0, 0.05) is 18.4 Å². The summed E-state index contributed by atoms with van der Waals surface area (Å²) in [5.74, 6) is 0. The van der Waals surface area contributed by atoms with E-state index in [2.05, 4.69) is 14.8 Å². The van der Waals surface area contributed by atoms with Crippen LogP contribution in [0.4, 0.5) is 11.4 Å². The molecule has 3 aromatic carbocycles. The lowest BCUT2D eigenvalue weighted by Gasteiger charge is -2.19. The van der Waals surface area contributed by atoms with E-state index < -0.39 is 10.0 Å². The van der Waals surface area contributed by atoms with Gasteiger partial charge in [0.2, 0.25) is 0 Å². The van der Waals surface area contributed by atoms with Gasteiger partial charge in [-0.3, -0.25) is 0 Å². The van der Waals surface area contributed by atoms with E-state index in [4.69, 9.17) is 0 Å². The summed E-state index contributed by atoms with van der Waals surface area (Å²) in [7, 11) is -1.65. The van der Waals surface area contributed by atoms with Crippen molar-refractivity contribution in [1.82, 2.24) is 4.83 Å². The van der Waals surface area contributed by atoms with Crippen molar-refractivity contribution in [2.45, 2.75) is 4.90 Å². The minimum Gasteiger partial charge on any atom is -0.345 e. The van der Waals surface area contributed by atoms with Gasteiger partial charge < -0.3 is 4.90 Å². The minimum absolute atomic E-state index is 0.178. The number of nitrogens with one attached hydrogen (secondary N) is 1. The van der Waals surface area contributed by atoms with Crippen LogP contribution in [0.2, 0.25) is 0 Å². The summed E-state index contributed by atoms with van der Waals surface area (Å²) in [6, 6.07) is 25.9. The van der Waals surface area contributed by atoms with Crippen molar-refractivity contribution < 1.29 is 8.42 Å². The van der Waals surface area contributed by atoms with Gasteiger partial charge in [-0.1, -0.05) is 48.5 Å². The Morgan fingerprint density at radius 2 is 1.35 bits per heavy atom. The van der Waals surface area contributed by atoms with Gasteiger partial charge in [0.25, 0.3) is 10.0 Å². The maximum absolute atomic E-state index is 12.1. The smallest absolute Gasteiger partial charge is 0.276 e. The maximum Gasteiger partial charge on any atom is 0.276 e. The lowest BCUT2D eigenvalue weighted by atomic mass is 10.2. The molecule has 6 heteroatoms. The first-order valence-corrected chi connectivity index (χ1v) is 9.53. The molecule has 0 amide bonds. The molecule has 0 aromatic heterocycles. The third-order valence-electron chi connectivity index (χ3n) is 3.86. The molecule has 0 aliphatic carbocycles. The molecule has 132 valence electrons. The number of nitrogens with zero attached hydrogens (tertiary/aromatic N) is 2. The summed E-state index contributed by atoms with van der Waals surface area (Å²) < 4.78 is 24.2. The third kappa shape index (κ3) is 4.29. The molecule has 5 nitrogen and oxygen atoms in total. The van der Waals surface area contributed by atoms with Crippen molar-refractivity contribution in [2.75, 3.05) is 11.9 Å². The second-order valence-corrected chi connectivity index (χ2v) is 7.31. The van der Waals surface area contributed by atoms with E-state index in [1.807, 2.05) is 61.6 Å². The number of benzene rings is 3. The van der Waals surface area contributed by atoms with Crippen molar-refractivity contribution in [1.29, 1.82) is 0 Å². The van der Waals surface area contributed by atoms with Crippen molar-refractivity contribution >= 4 is 27.6 Å². The highest BCUT2D eigenvalue weighted by Crippen LogP contribution is 2.22. The number of rotatable bonds is 6. The molecular formula is C20H19N3O2S. The van der Waals surface area contributed by atoms with E-state index in [0.29, 0.717) is 0 Å². The van der Waals surface area contributed by atoms with Crippen LogP contribution in [0.5, 0.6) is 0 Å². The van der Waals surface area contributed by atoms with Gasteiger partial charge in [-0.05, 0) is 42.0 Å². The zero-order valence-corrected chi connectivity index (χ0v) is 15.1. The molecule has 0 unspecified atom stereocenters. The van der Waals surface area contributed by atoms with Crippen LogP contribution in [-0.4, -0.2) is 21.7 Å². The number of para-hydroxylation sites is 1. The number of sulfonamides is 1. The molecule has 3 rings (SSSR count). The fourth-order valence-corrected chi connectivity index (χ4v) is 3.22.